The number of hydrogen-bond acceptors (Lipinski definition) is 4. The molecule has 0 aliphatic carbocycles. The van der Waals surface area contributed by atoms with Crippen molar-refractivity contribution in [1.29, 1.82) is 0 Å². The van der Waals surface area contributed by atoms with Crippen LogP contribution >= 0.6 is 23.2 Å². The number of rotatable bonds is 5. The maximum absolute atomic E-state index is 11.1. The minimum atomic E-state index is -0.905. The molecule has 4 nitrogen and oxygen atoms in total. The standard InChI is InChI=1S/C20H23Cl2NO3/c1-26-19-5-3-2-4-15(19)20(25)8-10-23(11-9-20)13-18(24)14-6-7-16(21)17(22)12-14/h2-7,12,18,24-25H,8-11,13H2,1H3/t18-/m0/s1. The normalized spacial score (nSPS) is 18.5. The summed E-state index contributed by atoms with van der Waals surface area (Å²) < 4.78 is 5.40. The Balaban J connectivity index is 1.63. The first-order chi connectivity index (χ1) is 12.4. The van der Waals surface area contributed by atoms with Gasteiger partial charge in [0.1, 0.15) is 5.75 Å². The Hall–Kier alpha value is -1.30. The first-order valence-corrected chi connectivity index (χ1v) is 9.40. The van der Waals surface area contributed by atoms with Crippen LogP contribution in [0.5, 0.6) is 5.75 Å². The van der Waals surface area contributed by atoms with Crippen LogP contribution in [-0.2, 0) is 5.60 Å². The number of likely N-dealkylation sites (tertiary alicyclic amines) is 1. The molecule has 3 rings (SSSR count). The monoisotopic (exact) mass is 395 g/mol. The number of halogens is 2. The molecule has 6 heteroatoms. The summed E-state index contributed by atoms with van der Waals surface area (Å²) in [6.07, 6.45) is 0.519. The van der Waals surface area contributed by atoms with Gasteiger partial charge in [0.2, 0.25) is 0 Å². The molecule has 2 aromatic rings. The van der Waals surface area contributed by atoms with Crippen molar-refractivity contribution < 1.29 is 14.9 Å². The highest BCUT2D eigenvalue weighted by Crippen LogP contribution is 2.38. The van der Waals surface area contributed by atoms with E-state index >= 15 is 0 Å². The van der Waals surface area contributed by atoms with E-state index in [4.69, 9.17) is 27.9 Å². The molecule has 0 aromatic heterocycles. The van der Waals surface area contributed by atoms with Crippen molar-refractivity contribution in [2.75, 3.05) is 26.7 Å². The first kappa shape index (κ1) is 19.5. The summed E-state index contributed by atoms with van der Waals surface area (Å²) in [5, 5.41) is 22.5. The third kappa shape index (κ3) is 4.16. The van der Waals surface area contributed by atoms with E-state index in [1.165, 1.54) is 0 Å². The summed E-state index contributed by atoms with van der Waals surface area (Å²) in [5.41, 5.74) is 0.662. The second-order valence-electron chi connectivity index (χ2n) is 6.72. The van der Waals surface area contributed by atoms with Gasteiger partial charge in [-0.3, -0.25) is 0 Å². The van der Waals surface area contributed by atoms with Gasteiger partial charge in [-0.15, -0.1) is 0 Å². The lowest BCUT2D eigenvalue weighted by molar-refractivity contribution is -0.0358. The van der Waals surface area contributed by atoms with Crippen LogP contribution in [0.4, 0.5) is 0 Å². The van der Waals surface area contributed by atoms with Crippen LogP contribution in [0, 0.1) is 0 Å². The lowest BCUT2D eigenvalue weighted by atomic mass is 9.83. The molecule has 1 aliphatic heterocycles. The van der Waals surface area contributed by atoms with Crippen molar-refractivity contribution in [3.8, 4) is 5.75 Å². The predicted octanol–water partition coefficient (Wildman–Crippen LogP) is 4.02. The third-order valence-electron chi connectivity index (χ3n) is 5.05. The fourth-order valence-corrected chi connectivity index (χ4v) is 3.78. The number of methoxy groups -OCH3 is 1. The summed E-state index contributed by atoms with van der Waals surface area (Å²) in [5.74, 6) is 0.708. The molecule has 1 heterocycles. The van der Waals surface area contributed by atoms with E-state index in [9.17, 15) is 10.2 Å². The molecular formula is C20H23Cl2NO3. The summed E-state index contributed by atoms with van der Waals surface area (Å²) >= 11 is 12.0. The van der Waals surface area contributed by atoms with Crippen LogP contribution < -0.4 is 4.74 Å². The number of hydrogen-bond donors (Lipinski definition) is 2. The highest BCUT2D eigenvalue weighted by atomic mass is 35.5. The lowest BCUT2D eigenvalue weighted by Gasteiger charge is -2.39. The third-order valence-corrected chi connectivity index (χ3v) is 5.79. The predicted molar refractivity (Wildman–Crippen MR) is 104 cm³/mol. The van der Waals surface area contributed by atoms with Gasteiger partial charge in [-0.1, -0.05) is 47.5 Å². The maximum Gasteiger partial charge on any atom is 0.124 e. The summed E-state index contributed by atoms with van der Waals surface area (Å²) in [6, 6.07) is 12.8. The van der Waals surface area contributed by atoms with Crippen LogP contribution in [-0.4, -0.2) is 41.9 Å². The smallest absolute Gasteiger partial charge is 0.124 e. The van der Waals surface area contributed by atoms with E-state index in [1.807, 2.05) is 24.3 Å². The average molecular weight is 396 g/mol. The molecule has 1 aliphatic rings. The van der Waals surface area contributed by atoms with Gasteiger partial charge in [0.05, 0.1) is 28.9 Å². The molecule has 26 heavy (non-hydrogen) atoms. The van der Waals surface area contributed by atoms with E-state index in [2.05, 4.69) is 4.90 Å². The Kier molecular flexibility index (Phi) is 6.10. The minimum absolute atomic E-state index is 0.437. The number of para-hydroxylation sites is 1. The fraction of sp³-hybridized carbons (Fsp3) is 0.400. The molecule has 0 amide bonds. The molecule has 0 unspecified atom stereocenters. The Morgan fingerprint density at radius 3 is 2.46 bits per heavy atom. The summed E-state index contributed by atoms with van der Waals surface area (Å²) in [7, 11) is 1.62. The number of benzene rings is 2. The van der Waals surface area contributed by atoms with Gasteiger partial charge in [-0.25, -0.2) is 0 Å². The molecule has 0 spiro atoms. The molecule has 2 N–H and O–H groups in total. The lowest BCUT2D eigenvalue weighted by Crippen LogP contribution is -2.44. The highest BCUT2D eigenvalue weighted by molar-refractivity contribution is 6.42. The van der Waals surface area contributed by atoms with E-state index in [1.54, 1.807) is 25.3 Å². The number of ether oxygens (including phenoxy) is 1. The minimum Gasteiger partial charge on any atom is -0.496 e. The Bertz CT molecular complexity index is 760. The number of aliphatic hydroxyl groups excluding tert-OH is 1. The average Bonchev–Trinajstić information content (AvgIpc) is 2.66. The van der Waals surface area contributed by atoms with Crippen LogP contribution in [0.15, 0.2) is 42.5 Å². The van der Waals surface area contributed by atoms with Crippen molar-refractivity contribution in [3.63, 3.8) is 0 Å². The van der Waals surface area contributed by atoms with Crippen molar-refractivity contribution in [1.82, 2.24) is 4.90 Å². The van der Waals surface area contributed by atoms with Gasteiger partial charge in [0.25, 0.3) is 0 Å². The van der Waals surface area contributed by atoms with Gasteiger partial charge in [0.15, 0.2) is 0 Å². The number of piperidine rings is 1. The van der Waals surface area contributed by atoms with Crippen LogP contribution in [0.2, 0.25) is 10.0 Å². The topological polar surface area (TPSA) is 52.9 Å². The first-order valence-electron chi connectivity index (χ1n) is 8.64. The molecule has 0 bridgehead atoms. The molecule has 1 atom stereocenters. The van der Waals surface area contributed by atoms with Crippen molar-refractivity contribution in [2.24, 2.45) is 0 Å². The van der Waals surface area contributed by atoms with Crippen molar-refractivity contribution in [3.05, 3.63) is 63.6 Å². The molecule has 0 saturated carbocycles. The van der Waals surface area contributed by atoms with Crippen LogP contribution in [0.3, 0.4) is 0 Å². The zero-order valence-corrected chi connectivity index (χ0v) is 16.2. The molecule has 1 saturated heterocycles. The van der Waals surface area contributed by atoms with E-state index < -0.39 is 11.7 Å². The summed E-state index contributed by atoms with van der Waals surface area (Å²) in [4.78, 5) is 2.15. The number of nitrogens with zero attached hydrogens (tertiary/aromatic N) is 1. The Morgan fingerprint density at radius 1 is 1.12 bits per heavy atom. The van der Waals surface area contributed by atoms with Gasteiger partial charge >= 0.3 is 0 Å². The van der Waals surface area contributed by atoms with Gasteiger partial charge in [-0.2, -0.15) is 0 Å². The van der Waals surface area contributed by atoms with Crippen molar-refractivity contribution >= 4 is 23.2 Å². The number of β-amino-alcohol motifs (C(OH)–C–C–N with tert-alkyl or cyclic N) is 1. The molecule has 140 valence electrons. The van der Waals surface area contributed by atoms with Crippen LogP contribution in [0.25, 0.3) is 0 Å². The zero-order chi connectivity index (χ0) is 18.7. The quantitative estimate of drug-likeness (QED) is 0.802. The largest absolute Gasteiger partial charge is 0.496 e. The Labute approximate surface area is 163 Å². The van der Waals surface area contributed by atoms with E-state index in [0.29, 0.717) is 48.3 Å². The second kappa shape index (κ2) is 8.15. The Morgan fingerprint density at radius 2 is 1.81 bits per heavy atom. The van der Waals surface area contributed by atoms with E-state index in [0.717, 1.165) is 11.1 Å². The zero-order valence-electron chi connectivity index (χ0n) is 14.7. The highest BCUT2D eigenvalue weighted by Gasteiger charge is 2.36. The fourth-order valence-electron chi connectivity index (χ4n) is 3.47. The number of aliphatic hydroxyl groups is 2. The molecule has 0 radical (unpaired) electrons. The summed E-state index contributed by atoms with van der Waals surface area (Å²) in [6.45, 7) is 1.86. The molecular weight excluding hydrogens is 373 g/mol. The SMILES string of the molecule is COc1ccccc1C1(O)CCN(C[C@H](O)c2ccc(Cl)c(Cl)c2)CC1. The van der Waals surface area contributed by atoms with Gasteiger partial charge in [0, 0.05) is 25.2 Å². The molecule has 1 fully saturated rings. The van der Waals surface area contributed by atoms with Gasteiger partial charge < -0.3 is 19.8 Å². The van der Waals surface area contributed by atoms with Gasteiger partial charge in [-0.05, 0) is 36.6 Å². The molecule has 2 aromatic carbocycles. The van der Waals surface area contributed by atoms with Crippen molar-refractivity contribution in [2.45, 2.75) is 24.5 Å². The van der Waals surface area contributed by atoms with Crippen LogP contribution in [0.1, 0.15) is 30.1 Å². The van der Waals surface area contributed by atoms with E-state index in [-0.39, 0.29) is 0 Å². The second-order valence-corrected chi connectivity index (χ2v) is 7.54. The maximum atomic E-state index is 11.1.